The highest BCUT2D eigenvalue weighted by molar-refractivity contribution is 7.89. The van der Waals surface area contributed by atoms with Gasteiger partial charge in [0.1, 0.15) is 16.4 Å². The highest BCUT2D eigenvalue weighted by Gasteiger charge is 2.42. The number of furan rings is 1. The third kappa shape index (κ3) is 2.42. The first-order chi connectivity index (χ1) is 8.48. The molecular formula is C12H19ClN2O3S. The summed E-state index contributed by atoms with van der Waals surface area (Å²) in [6, 6.07) is 1.62. The van der Waals surface area contributed by atoms with E-state index in [-0.39, 0.29) is 12.4 Å². The van der Waals surface area contributed by atoms with E-state index in [1.165, 1.54) is 0 Å². The lowest BCUT2D eigenvalue weighted by Crippen LogP contribution is -2.32. The van der Waals surface area contributed by atoms with E-state index in [0.717, 1.165) is 13.1 Å². The Morgan fingerprint density at radius 1 is 1.26 bits per heavy atom. The minimum absolute atomic E-state index is 0. The highest BCUT2D eigenvalue weighted by atomic mass is 35.5. The van der Waals surface area contributed by atoms with E-state index < -0.39 is 10.0 Å². The Labute approximate surface area is 119 Å². The zero-order valence-corrected chi connectivity index (χ0v) is 12.7. The van der Waals surface area contributed by atoms with Gasteiger partial charge in [0.05, 0.1) is 0 Å². The van der Waals surface area contributed by atoms with Gasteiger partial charge in [-0.3, -0.25) is 0 Å². The van der Waals surface area contributed by atoms with E-state index in [0.29, 0.717) is 41.3 Å². The van der Waals surface area contributed by atoms with Crippen molar-refractivity contribution in [3.63, 3.8) is 0 Å². The maximum Gasteiger partial charge on any atom is 0.246 e. The van der Waals surface area contributed by atoms with Crippen molar-refractivity contribution in [1.82, 2.24) is 9.62 Å². The van der Waals surface area contributed by atoms with E-state index in [1.807, 2.05) is 0 Å². The molecule has 0 spiro atoms. The molecule has 2 aliphatic heterocycles. The number of fused-ring (bicyclic) bond motifs is 1. The average molecular weight is 307 g/mol. The summed E-state index contributed by atoms with van der Waals surface area (Å²) in [5.41, 5.74) is 0. The lowest BCUT2D eigenvalue weighted by molar-refractivity contribution is 0.443. The number of sulfonamides is 1. The summed E-state index contributed by atoms with van der Waals surface area (Å²) in [5.74, 6) is 2.07. The molecule has 0 saturated carbocycles. The maximum absolute atomic E-state index is 12.5. The van der Waals surface area contributed by atoms with Crippen LogP contribution in [0.3, 0.4) is 0 Å². The molecule has 0 radical (unpaired) electrons. The summed E-state index contributed by atoms with van der Waals surface area (Å²) in [5, 5.41) is 3.31. The van der Waals surface area contributed by atoms with E-state index in [9.17, 15) is 8.42 Å². The van der Waals surface area contributed by atoms with Crippen LogP contribution < -0.4 is 5.32 Å². The van der Waals surface area contributed by atoms with Gasteiger partial charge in [-0.15, -0.1) is 12.4 Å². The summed E-state index contributed by atoms with van der Waals surface area (Å²) in [4.78, 5) is 0.327. The fourth-order valence-corrected chi connectivity index (χ4v) is 4.78. The molecule has 1 aromatic heterocycles. The summed E-state index contributed by atoms with van der Waals surface area (Å²) in [7, 11) is -3.38. The van der Waals surface area contributed by atoms with Gasteiger partial charge < -0.3 is 9.73 Å². The van der Waals surface area contributed by atoms with Crippen molar-refractivity contribution >= 4 is 22.4 Å². The molecule has 2 saturated heterocycles. The molecule has 0 unspecified atom stereocenters. The Kier molecular flexibility index (Phi) is 3.97. The molecule has 0 aliphatic carbocycles. The Morgan fingerprint density at radius 3 is 2.32 bits per heavy atom. The minimum Gasteiger partial charge on any atom is -0.465 e. The third-order valence-electron chi connectivity index (χ3n) is 3.97. The predicted octanol–water partition coefficient (Wildman–Crippen LogP) is 1.16. The minimum atomic E-state index is -3.38. The second kappa shape index (κ2) is 5.09. The van der Waals surface area contributed by atoms with Crippen molar-refractivity contribution < 1.29 is 12.8 Å². The number of nitrogens with zero attached hydrogens (tertiary/aromatic N) is 1. The molecule has 3 heterocycles. The summed E-state index contributed by atoms with van der Waals surface area (Å²) in [6.07, 6.45) is 0. The van der Waals surface area contributed by atoms with Crippen molar-refractivity contribution in [2.45, 2.75) is 18.7 Å². The topological polar surface area (TPSA) is 62.6 Å². The van der Waals surface area contributed by atoms with E-state index in [4.69, 9.17) is 4.42 Å². The normalized spacial score (nSPS) is 27.3. The van der Waals surface area contributed by atoms with Crippen LogP contribution in [0.1, 0.15) is 11.5 Å². The van der Waals surface area contributed by atoms with Crippen LogP contribution in [-0.2, 0) is 10.0 Å². The summed E-state index contributed by atoms with van der Waals surface area (Å²) < 4.78 is 32.0. The monoisotopic (exact) mass is 306 g/mol. The Bertz CT molecular complexity index is 558. The Morgan fingerprint density at radius 2 is 1.84 bits per heavy atom. The Balaban J connectivity index is 0.00000133. The number of hydrogen-bond acceptors (Lipinski definition) is 4. The fourth-order valence-electron chi connectivity index (χ4n) is 3.01. The van der Waals surface area contributed by atoms with Gasteiger partial charge in [-0.05, 0) is 44.8 Å². The first-order valence-electron chi connectivity index (χ1n) is 6.26. The molecule has 0 bridgehead atoms. The van der Waals surface area contributed by atoms with Gasteiger partial charge in [0.15, 0.2) is 0 Å². The SMILES string of the molecule is Cc1cc(S(=O)(=O)N2C[C@H]3CNC[C@H]3C2)c(C)o1.Cl. The van der Waals surface area contributed by atoms with Gasteiger partial charge in [-0.1, -0.05) is 0 Å². The molecule has 7 heteroatoms. The van der Waals surface area contributed by atoms with Gasteiger partial charge in [-0.25, -0.2) is 8.42 Å². The standard InChI is InChI=1S/C12H18N2O3S.ClH/c1-8-3-12(9(2)17-8)18(15,16)14-6-10-4-13-5-11(10)7-14;/h3,10-11,13H,4-7H2,1-2H3;1H/t10-,11+;. The van der Waals surface area contributed by atoms with Crippen LogP contribution in [-0.4, -0.2) is 38.9 Å². The number of halogens is 1. The average Bonchev–Trinajstić information content (AvgIpc) is 2.90. The fraction of sp³-hybridized carbons (Fsp3) is 0.667. The molecule has 5 nitrogen and oxygen atoms in total. The van der Waals surface area contributed by atoms with Crippen LogP contribution >= 0.6 is 12.4 Å². The van der Waals surface area contributed by atoms with Crippen molar-refractivity contribution in [1.29, 1.82) is 0 Å². The molecule has 1 N–H and O–H groups in total. The lowest BCUT2D eigenvalue weighted by atomic mass is 10.0. The van der Waals surface area contributed by atoms with E-state index in [2.05, 4.69) is 5.32 Å². The largest absolute Gasteiger partial charge is 0.465 e. The summed E-state index contributed by atoms with van der Waals surface area (Å²) >= 11 is 0. The highest BCUT2D eigenvalue weighted by Crippen LogP contribution is 2.32. The lowest BCUT2D eigenvalue weighted by Gasteiger charge is -2.16. The van der Waals surface area contributed by atoms with Crippen LogP contribution in [0, 0.1) is 25.7 Å². The van der Waals surface area contributed by atoms with E-state index >= 15 is 0 Å². The summed E-state index contributed by atoms with van der Waals surface area (Å²) in [6.45, 7) is 6.60. The molecule has 2 atom stereocenters. The van der Waals surface area contributed by atoms with Gasteiger partial charge >= 0.3 is 0 Å². The van der Waals surface area contributed by atoms with Gasteiger partial charge in [0, 0.05) is 13.1 Å². The first kappa shape index (κ1) is 14.8. The van der Waals surface area contributed by atoms with Crippen LogP contribution in [0.15, 0.2) is 15.4 Å². The number of nitrogens with one attached hydrogen (secondary N) is 1. The van der Waals surface area contributed by atoms with Gasteiger partial charge in [-0.2, -0.15) is 4.31 Å². The van der Waals surface area contributed by atoms with E-state index in [1.54, 1.807) is 24.2 Å². The molecule has 2 aliphatic rings. The van der Waals surface area contributed by atoms with Crippen LogP contribution in [0.4, 0.5) is 0 Å². The number of hydrogen-bond donors (Lipinski definition) is 1. The molecule has 19 heavy (non-hydrogen) atoms. The smallest absolute Gasteiger partial charge is 0.246 e. The van der Waals surface area contributed by atoms with Crippen LogP contribution in [0.25, 0.3) is 0 Å². The van der Waals surface area contributed by atoms with Gasteiger partial charge in [0.25, 0.3) is 0 Å². The van der Waals surface area contributed by atoms with Crippen molar-refractivity contribution in [2.24, 2.45) is 11.8 Å². The van der Waals surface area contributed by atoms with Crippen molar-refractivity contribution in [3.8, 4) is 0 Å². The molecule has 1 aromatic rings. The van der Waals surface area contributed by atoms with Crippen LogP contribution in [0.5, 0.6) is 0 Å². The molecule has 2 fully saturated rings. The number of aryl methyl sites for hydroxylation is 2. The van der Waals surface area contributed by atoms with Gasteiger partial charge in [0.2, 0.25) is 10.0 Å². The zero-order chi connectivity index (χ0) is 12.9. The molecule has 0 amide bonds. The first-order valence-corrected chi connectivity index (χ1v) is 7.70. The van der Waals surface area contributed by atoms with Crippen molar-refractivity contribution in [3.05, 3.63) is 17.6 Å². The quantitative estimate of drug-likeness (QED) is 0.890. The predicted molar refractivity (Wildman–Crippen MR) is 74.0 cm³/mol. The maximum atomic E-state index is 12.5. The second-order valence-electron chi connectivity index (χ2n) is 5.28. The molecule has 0 aromatic carbocycles. The Hall–Kier alpha value is -0.560. The molecule has 108 valence electrons. The second-order valence-corrected chi connectivity index (χ2v) is 7.18. The van der Waals surface area contributed by atoms with Crippen molar-refractivity contribution in [2.75, 3.05) is 26.2 Å². The molecular weight excluding hydrogens is 288 g/mol. The third-order valence-corrected chi connectivity index (χ3v) is 5.91. The molecule has 3 rings (SSSR count). The number of rotatable bonds is 2. The van der Waals surface area contributed by atoms with Crippen LogP contribution in [0.2, 0.25) is 0 Å². The zero-order valence-electron chi connectivity index (χ0n) is 11.0.